The van der Waals surface area contributed by atoms with E-state index in [-0.39, 0.29) is 10.8 Å². The van der Waals surface area contributed by atoms with E-state index >= 15 is 0 Å². The third-order valence-electron chi connectivity index (χ3n) is 6.98. The third kappa shape index (κ3) is 13.7. The van der Waals surface area contributed by atoms with E-state index in [2.05, 4.69) is 129 Å². The topological polar surface area (TPSA) is 183 Å². The summed E-state index contributed by atoms with van der Waals surface area (Å²) in [5, 5.41) is -0.668. The maximum atomic E-state index is 11.2. The molecule has 5 rings (SSSR count). The molecule has 3 heterocycles. The van der Waals surface area contributed by atoms with Crippen LogP contribution in [-0.4, -0.2) is 38.9 Å². The lowest BCUT2D eigenvalue weighted by Crippen LogP contribution is -2.30. The highest BCUT2D eigenvalue weighted by Gasteiger charge is 2.14. The summed E-state index contributed by atoms with van der Waals surface area (Å²) in [6, 6.07) is 16.1. The van der Waals surface area contributed by atoms with Gasteiger partial charge in [0.05, 0.1) is 14.7 Å². The number of aryl methyl sites for hydroxylation is 6. The maximum Gasteiger partial charge on any atom is 0.169 e. The molecular weight excluding hydrogens is 691 g/mol. The first-order chi connectivity index (χ1) is 22.8. The summed E-state index contributed by atoms with van der Waals surface area (Å²) >= 11 is 0. The van der Waals surface area contributed by atoms with Gasteiger partial charge in [-0.1, -0.05) is 6.07 Å². The predicted molar refractivity (Wildman–Crippen MR) is 179 cm³/mol. The first-order valence-corrected chi connectivity index (χ1v) is 19.3. The van der Waals surface area contributed by atoms with Gasteiger partial charge in [0.1, 0.15) is 50.0 Å². The minimum Gasteiger partial charge on any atom is -0.744 e. The van der Waals surface area contributed by atoms with E-state index in [9.17, 15) is 38.9 Å². The zero-order chi connectivity index (χ0) is 37.0. The average molecular weight is 732 g/mol. The van der Waals surface area contributed by atoms with Crippen LogP contribution >= 0.6 is 0 Å². The van der Waals surface area contributed by atoms with Gasteiger partial charge in [-0.05, 0) is 93.3 Å². The second-order valence-corrected chi connectivity index (χ2v) is 14.9. The quantitative estimate of drug-likeness (QED) is 0.187. The van der Waals surface area contributed by atoms with E-state index in [0.29, 0.717) is 18.2 Å². The van der Waals surface area contributed by atoms with Gasteiger partial charge in [0, 0.05) is 36.4 Å². The van der Waals surface area contributed by atoms with Crippen molar-refractivity contribution in [3.05, 3.63) is 121 Å². The number of hydrogen-bond donors (Lipinski definition) is 0. The molecule has 0 fully saturated rings. The minimum absolute atomic E-state index is 0.310. The largest absolute Gasteiger partial charge is 0.744 e. The molecule has 0 spiro atoms. The van der Waals surface area contributed by atoms with Crippen LogP contribution in [0, 0.1) is 20.8 Å². The van der Waals surface area contributed by atoms with E-state index in [1.54, 1.807) is 0 Å². The standard InChI is InChI=1S/C10H8O9S3.3C8H12N/c11-20(12,13)7-1-2-9-6(3-7)4-8(21(14,15)16)5-10(9)22(17,18)19;3*1-3-9-6-4-8(2)5-7-9/h1-5H,(H,11,12,13)(H,14,15,16)(H,17,18,19);3*4-7H,3H2,1-2H3/q;3*+1/p-3. The lowest BCUT2D eigenvalue weighted by atomic mass is 10.1. The molecule has 0 saturated heterocycles. The molecule has 0 saturated carbocycles. The van der Waals surface area contributed by atoms with Crippen LogP contribution in [0.1, 0.15) is 37.5 Å². The molecule has 0 amide bonds. The second kappa shape index (κ2) is 18.0. The molecule has 15 heteroatoms. The summed E-state index contributed by atoms with van der Waals surface area (Å²) in [6.07, 6.45) is 12.6. The third-order valence-corrected chi connectivity index (χ3v) is 9.50. The summed E-state index contributed by atoms with van der Waals surface area (Å²) < 4.78 is 106. The van der Waals surface area contributed by atoms with Gasteiger partial charge in [0.15, 0.2) is 37.2 Å². The first kappa shape index (κ1) is 41.1. The number of fused-ring (bicyclic) bond motifs is 1. The van der Waals surface area contributed by atoms with Gasteiger partial charge in [0.2, 0.25) is 0 Å². The summed E-state index contributed by atoms with van der Waals surface area (Å²) in [5.74, 6) is 0. The smallest absolute Gasteiger partial charge is 0.169 e. The number of benzene rings is 2. The fourth-order valence-corrected chi connectivity index (χ4v) is 5.86. The Morgan fingerprint density at radius 3 is 1.08 bits per heavy atom. The zero-order valence-electron chi connectivity index (χ0n) is 28.2. The van der Waals surface area contributed by atoms with Crippen LogP contribution in [0.2, 0.25) is 0 Å². The maximum absolute atomic E-state index is 11.2. The van der Waals surface area contributed by atoms with Gasteiger partial charge in [0.25, 0.3) is 0 Å². The van der Waals surface area contributed by atoms with Gasteiger partial charge in [-0.15, -0.1) is 0 Å². The van der Waals surface area contributed by atoms with Crippen LogP contribution < -0.4 is 13.7 Å². The molecule has 0 unspecified atom stereocenters. The van der Waals surface area contributed by atoms with Crippen LogP contribution in [0.3, 0.4) is 0 Å². The van der Waals surface area contributed by atoms with Gasteiger partial charge in [-0.2, -0.15) is 0 Å². The molecule has 12 nitrogen and oxygen atoms in total. The molecule has 0 aliphatic rings. The fourth-order valence-electron chi connectivity index (χ4n) is 4.02. The van der Waals surface area contributed by atoms with E-state index in [4.69, 9.17) is 0 Å². The molecule has 0 N–H and O–H groups in total. The van der Waals surface area contributed by atoms with E-state index in [1.165, 1.54) is 16.7 Å². The minimum atomic E-state index is -5.14. The van der Waals surface area contributed by atoms with Gasteiger partial charge in [-0.3, -0.25) is 0 Å². The number of rotatable bonds is 6. The fraction of sp³-hybridized carbons (Fsp3) is 0.265. The molecule has 0 radical (unpaired) electrons. The van der Waals surface area contributed by atoms with E-state index in [0.717, 1.165) is 31.8 Å². The number of nitrogens with zero attached hydrogens (tertiary/aromatic N) is 3. The van der Waals surface area contributed by atoms with Crippen molar-refractivity contribution in [3.63, 3.8) is 0 Å². The normalized spacial score (nSPS) is 11.3. The first-order valence-electron chi connectivity index (χ1n) is 15.1. The van der Waals surface area contributed by atoms with Crippen LogP contribution in [0.15, 0.2) is 119 Å². The second-order valence-electron chi connectivity index (χ2n) is 10.8. The average Bonchev–Trinajstić information content (AvgIpc) is 3.05. The van der Waals surface area contributed by atoms with E-state index in [1.807, 2.05) is 0 Å². The van der Waals surface area contributed by atoms with Gasteiger partial charge < -0.3 is 13.7 Å². The summed E-state index contributed by atoms with van der Waals surface area (Å²) in [6.45, 7) is 15.9. The highest BCUT2D eigenvalue weighted by Crippen LogP contribution is 2.29. The van der Waals surface area contributed by atoms with Crippen molar-refractivity contribution >= 4 is 41.1 Å². The Kier molecular flexibility index (Phi) is 15.1. The summed E-state index contributed by atoms with van der Waals surface area (Å²) in [4.78, 5) is -2.81. The molecular formula is C34H41N3O9S3. The van der Waals surface area contributed by atoms with Gasteiger partial charge >= 0.3 is 0 Å². The predicted octanol–water partition coefficient (Wildman–Crippen LogP) is 3.46. The molecule has 0 aliphatic carbocycles. The number of hydrogen-bond acceptors (Lipinski definition) is 9. The highest BCUT2D eigenvalue weighted by atomic mass is 32.2. The molecule has 5 aromatic rings. The Hall–Kier alpha value is -4.12. The molecule has 2 aromatic carbocycles. The molecule has 0 aliphatic heterocycles. The number of pyridine rings is 3. The van der Waals surface area contributed by atoms with Crippen molar-refractivity contribution in [1.82, 2.24) is 0 Å². The highest BCUT2D eigenvalue weighted by molar-refractivity contribution is 7.86. The summed E-state index contributed by atoms with van der Waals surface area (Å²) in [7, 11) is -15.1. The Balaban J connectivity index is 0.000000254. The summed E-state index contributed by atoms with van der Waals surface area (Å²) in [5.41, 5.74) is 3.96. The van der Waals surface area contributed by atoms with Crippen molar-refractivity contribution in [2.75, 3.05) is 0 Å². The van der Waals surface area contributed by atoms with Crippen molar-refractivity contribution in [2.45, 2.75) is 75.9 Å². The molecule has 0 atom stereocenters. The van der Waals surface area contributed by atoms with Crippen LogP contribution in [-0.2, 0) is 50.0 Å². The van der Waals surface area contributed by atoms with Crippen LogP contribution in [0.5, 0.6) is 0 Å². The lowest BCUT2D eigenvalue weighted by molar-refractivity contribution is -0.693. The number of aromatic nitrogens is 3. The van der Waals surface area contributed by atoms with Crippen molar-refractivity contribution in [1.29, 1.82) is 0 Å². The molecule has 49 heavy (non-hydrogen) atoms. The van der Waals surface area contributed by atoms with Crippen LogP contribution in [0.4, 0.5) is 0 Å². The van der Waals surface area contributed by atoms with Gasteiger partial charge in [-0.25, -0.2) is 39.0 Å². The van der Waals surface area contributed by atoms with Crippen molar-refractivity contribution in [2.24, 2.45) is 0 Å². The zero-order valence-corrected chi connectivity index (χ0v) is 30.6. The Bertz CT molecular complexity index is 2040. The van der Waals surface area contributed by atoms with Crippen molar-refractivity contribution in [3.8, 4) is 0 Å². The van der Waals surface area contributed by atoms with Crippen LogP contribution in [0.25, 0.3) is 10.8 Å². The SMILES string of the molecule is CC[n+]1ccc(C)cc1.CC[n+]1ccc(C)cc1.CC[n+]1ccc(C)cc1.O=S(=O)([O-])c1ccc2c(S(=O)(=O)[O-])cc(S(=O)(=O)[O-])cc2c1. The monoisotopic (exact) mass is 731 g/mol. The Morgan fingerprint density at radius 1 is 0.469 bits per heavy atom. The molecule has 0 bridgehead atoms. The lowest BCUT2D eigenvalue weighted by Gasteiger charge is -2.16. The molecule has 264 valence electrons. The Labute approximate surface area is 289 Å². The Morgan fingerprint density at radius 2 is 0.796 bits per heavy atom. The van der Waals surface area contributed by atoms with Crippen molar-refractivity contribution < 1.29 is 52.6 Å². The van der Waals surface area contributed by atoms with E-state index < -0.39 is 45.0 Å². The molecule has 3 aromatic heterocycles.